The van der Waals surface area contributed by atoms with Crippen molar-refractivity contribution in [2.45, 2.75) is 13.0 Å². The average Bonchev–Trinajstić information content (AvgIpc) is 2.62. The lowest BCUT2D eigenvalue weighted by molar-refractivity contribution is -0.153. The predicted octanol–water partition coefficient (Wildman–Crippen LogP) is 3.28. The van der Waals surface area contributed by atoms with Gasteiger partial charge in [-0.3, -0.25) is 14.6 Å². The number of ether oxygens (including phenoxy) is 1. The van der Waals surface area contributed by atoms with Crippen molar-refractivity contribution in [2.75, 3.05) is 6.61 Å². The molecule has 7 heteroatoms. The lowest BCUT2D eigenvalue weighted by Crippen LogP contribution is -2.47. The summed E-state index contributed by atoms with van der Waals surface area (Å²) in [6, 6.07) is 11.9. The Morgan fingerprint density at radius 1 is 1.23 bits per heavy atom. The summed E-state index contributed by atoms with van der Waals surface area (Å²) >= 11 is 6.16. The van der Waals surface area contributed by atoms with E-state index in [-0.39, 0.29) is 23.0 Å². The SMILES string of the molecule is CCOC(=O)[C@@H]1C(=O)NC(c2ccccc2)=N[C@@H]1c1c(F)cccc1Cl. The van der Waals surface area contributed by atoms with Gasteiger partial charge in [0.05, 0.1) is 6.61 Å². The largest absolute Gasteiger partial charge is 0.465 e. The van der Waals surface area contributed by atoms with Crippen LogP contribution in [0.4, 0.5) is 4.39 Å². The zero-order valence-corrected chi connectivity index (χ0v) is 14.7. The number of nitrogens with zero attached hydrogens (tertiary/aromatic N) is 1. The highest BCUT2D eigenvalue weighted by Crippen LogP contribution is 2.36. The molecule has 0 radical (unpaired) electrons. The summed E-state index contributed by atoms with van der Waals surface area (Å²) < 4.78 is 19.5. The molecule has 0 bridgehead atoms. The summed E-state index contributed by atoms with van der Waals surface area (Å²) in [5, 5.41) is 2.70. The second-order valence-electron chi connectivity index (χ2n) is 5.64. The van der Waals surface area contributed by atoms with Crippen LogP contribution in [0.3, 0.4) is 0 Å². The van der Waals surface area contributed by atoms with Crippen LogP contribution in [0.2, 0.25) is 5.02 Å². The minimum Gasteiger partial charge on any atom is -0.465 e. The molecular weight excluding hydrogens is 359 g/mol. The van der Waals surface area contributed by atoms with E-state index in [1.165, 1.54) is 18.2 Å². The monoisotopic (exact) mass is 374 g/mol. The van der Waals surface area contributed by atoms with Gasteiger partial charge in [-0.2, -0.15) is 0 Å². The number of carbonyl (C=O) groups excluding carboxylic acids is 2. The average molecular weight is 375 g/mol. The van der Waals surface area contributed by atoms with Gasteiger partial charge in [0.25, 0.3) is 0 Å². The van der Waals surface area contributed by atoms with Gasteiger partial charge in [0.15, 0.2) is 5.92 Å². The topological polar surface area (TPSA) is 67.8 Å². The maximum atomic E-state index is 14.5. The van der Waals surface area contributed by atoms with Crippen molar-refractivity contribution < 1.29 is 18.7 Å². The molecule has 5 nitrogen and oxygen atoms in total. The van der Waals surface area contributed by atoms with E-state index in [2.05, 4.69) is 10.3 Å². The Morgan fingerprint density at radius 2 is 1.96 bits per heavy atom. The second-order valence-corrected chi connectivity index (χ2v) is 6.05. The number of amidine groups is 1. The van der Waals surface area contributed by atoms with Gasteiger partial charge < -0.3 is 10.1 Å². The molecule has 0 unspecified atom stereocenters. The van der Waals surface area contributed by atoms with Crippen molar-refractivity contribution in [1.29, 1.82) is 0 Å². The van der Waals surface area contributed by atoms with E-state index in [9.17, 15) is 14.0 Å². The van der Waals surface area contributed by atoms with Crippen molar-refractivity contribution in [3.63, 3.8) is 0 Å². The predicted molar refractivity (Wildman–Crippen MR) is 95.4 cm³/mol. The van der Waals surface area contributed by atoms with Crippen molar-refractivity contribution in [3.05, 3.63) is 70.5 Å². The summed E-state index contributed by atoms with van der Waals surface area (Å²) in [6.45, 7) is 1.72. The van der Waals surface area contributed by atoms with Gasteiger partial charge in [0, 0.05) is 16.1 Å². The third-order valence-electron chi connectivity index (χ3n) is 3.99. The van der Waals surface area contributed by atoms with Gasteiger partial charge in [-0.15, -0.1) is 0 Å². The van der Waals surface area contributed by atoms with Gasteiger partial charge in [-0.1, -0.05) is 48.0 Å². The van der Waals surface area contributed by atoms with Crippen LogP contribution in [0.25, 0.3) is 0 Å². The first-order valence-electron chi connectivity index (χ1n) is 8.07. The zero-order valence-electron chi connectivity index (χ0n) is 13.9. The Labute approximate surface area is 154 Å². The number of aliphatic imine (C=N–C) groups is 1. The van der Waals surface area contributed by atoms with Crippen LogP contribution in [-0.4, -0.2) is 24.3 Å². The Bertz CT molecular complexity index is 850. The van der Waals surface area contributed by atoms with Gasteiger partial charge in [-0.05, 0) is 19.1 Å². The minimum atomic E-state index is -1.32. The molecule has 26 heavy (non-hydrogen) atoms. The Balaban J connectivity index is 2.14. The summed E-state index contributed by atoms with van der Waals surface area (Å²) in [5.41, 5.74) is 0.635. The van der Waals surface area contributed by atoms with E-state index in [4.69, 9.17) is 16.3 Å². The molecule has 0 saturated heterocycles. The van der Waals surface area contributed by atoms with E-state index in [1.54, 1.807) is 31.2 Å². The van der Waals surface area contributed by atoms with E-state index in [0.717, 1.165) is 0 Å². The van der Waals surface area contributed by atoms with Crippen molar-refractivity contribution in [1.82, 2.24) is 5.32 Å². The van der Waals surface area contributed by atoms with Crippen LogP contribution < -0.4 is 5.32 Å². The van der Waals surface area contributed by atoms with Gasteiger partial charge in [0.2, 0.25) is 5.91 Å². The molecule has 0 aromatic heterocycles. The van der Waals surface area contributed by atoms with Crippen LogP contribution in [0.1, 0.15) is 24.1 Å². The van der Waals surface area contributed by atoms with Crippen molar-refractivity contribution in [3.8, 4) is 0 Å². The molecule has 3 rings (SSSR count). The molecular formula is C19H16ClFN2O3. The molecule has 2 aromatic rings. The fourth-order valence-corrected chi connectivity index (χ4v) is 3.09. The molecule has 1 amide bonds. The fourth-order valence-electron chi connectivity index (χ4n) is 2.82. The summed E-state index contributed by atoms with van der Waals surface area (Å²) in [7, 11) is 0. The third-order valence-corrected chi connectivity index (χ3v) is 4.32. The normalized spacial score (nSPS) is 19.5. The molecule has 0 saturated carbocycles. The Morgan fingerprint density at radius 3 is 2.62 bits per heavy atom. The molecule has 0 fully saturated rings. The molecule has 0 spiro atoms. The highest BCUT2D eigenvalue weighted by atomic mass is 35.5. The third kappa shape index (κ3) is 3.46. The van der Waals surface area contributed by atoms with Crippen LogP contribution >= 0.6 is 11.6 Å². The number of esters is 1. The summed E-state index contributed by atoms with van der Waals surface area (Å²) in [4.78, 5) is 29.4. The highest BCUT2D eigenvalue weighted by molar-refractivity contribution is 6.31. The van der Waals surface area contributed by atoms with Gasteiger partial charge in [0.1, 0.15) is 17.7 Å². The minimum absolute atomic E-state index is 0.00417. The lowest BCUT2D eigenvalue weighted by atomic mass is 9.90. The number of benzene rings is 2. The van der Waals surface area contributed by atoms with Gasteiger partial charge in [-0.25, -0.2) is 4.39 Å². The molecule has 2 atom stereocenters. The van der Waals surface area contributed by atoms with Crippen LogP contribution in [0.5, 0.6) is 0 Å². The summed E-state index contributed by atoms with van der Waals surface area (Å²) in [6.07, 6.45) is 0. The maximum Gasteiger partial charge on any atom is 0.321 e. The van der Waals surface area contributed by atoms with Crippen LogP contribution in [0.15, 0.2) is 53.5 Å². The summed E-state index contributed by atoms with van der Waals surface area (Å²) in [5.74, 6) is -3.09. The number of hydrogen-bond donors (Lipinski definition) is 1. The quantitative estimate of drug-likeness (QED) is 0.659. The van der Waals surface area contributed by atoms with Crippen LogP contribution in [-0.2, 0) is 14.3 Å². The number of rotatable bonds is 4. The molecule has 134 valence electrons. The maximum absolute atomic E-state index is 14.5. The Hall–Kier alpha value is -2.73. The number of carbonyl (C=O) groups is 2. The number of halogens is 2. The standard InChI is InChI=1S/C19H16ClFN2O3/c1-2-26-19(25)15-16(14-12(20)9-6-10-13(14)21)22-17(23-18(15)24)11-7-4-3-5-8-11/h3-10,15-16H,2H2,1H3,(H,22,23,24)/t15-,16+/m0/s1. The fraction of sp³-hybridized carbons (Fsp3) is 0.211. The zero-order chi connectivity index (χ0) is 18.7. The molecule has 0 aliphatic carbocycles. The van der Waals surface area contributed by atoms with E-state index in [1.807, 2.05) is 6.07 Å². The van der Waals surface area contributed by atoms with Crippen molar-refractivity contribution in [2.24, 2.45) is 10.9 Å². The first kappa shape index (κ1) is 18.1. The lowest BCUT2D eigenvalue weighted by Gasteiger charge is -2.28. The Kier molecular flexibility index (Phi) is 5.32. The van der Waals surface area contributed by atoms with E-state index >= 15 is 0 Å². The molecule has 1 N–H and O–H groups in total. The molecule has 1 heterocycles. The second kappa shape index (κ2) is 7.66. The highest BCUT2D eigenvalue weighted by Gasteiger charge is 2.43. The first-order valence-corrected chi connectivity index (χ1v) is 8.45. The van der Waals surface area contributed by atoms with Gasteiger partial charge >= 0.3 is 5.97 Å². The number of nitrogens with one attached hydrogen (secondary N) is 1. The first-order chi connectivity index (χ1) is 12.5. The molecule has 2 aromatic carbocycles. The van der Waals surface area contributed by atoms with E-state index in [0.29, 0.717) is 5.56 Å². The number of amides is 1. The number of hydrogen-bond acceptors (Lipinski definition) is 4. The molecule has 1 aliphatic rings. The smallest absolute Gasteiger partial charge is 0.321 e. The van der Waals surface area contributed by atoms with Crippen molar-refractivity contribution >= 4 is 29.3 Å². The van der Waals surface area contributed by atoms with E-state index < -0.39 is 29.7 Å². The molecule has 1 aliphatic heterocycles. The van der Waals surface area contributed by atoms with Crippen LogP contribution in [0, 0.1) is 11.7 Å².